The van der Waals surface area contributed by atoms with Crippen molar-refractivity contribution in [3.05, 3.63) is 21.9 Å². The first-order valence-electron chi connectivity index (χ1n) is 7.98. The molecule has 1 aromatic heterocycles. The molecular weight excluding hydrogens is 264 g/mol. The third-order valence-electron chi connectivity index (χ3n) is 4.22. The Bertz CT molecular complexity index is 411. The van der Waals surface area contributed by atoms with E-state index in [1.54, 1.807) is 0 Å². The molecule has 0 saturated carbocycles. The van der Waals surface area contributed by atoms with Gasteiger partial charge in [-0.05, 0) is 37.3 Å². The van der Waals surface area contributed by atoms with E-state index < -0.39 is 0 Å². The van der Waals surface area contributed by atoms with Crippen molar-refractivity contribution in [2.24, 2.45) is 11.8 Å². The summed E-state index contributed by atoms with van der Waals surface area (Å²) >= 11 is 1.95. The van der Waals surface area contributed by atoms with E-state index in [1.807, 2.05) is 11.3 Å². The monoisotopic (exact) mass is 294 g/mol. The summed E-state index contributed by atoms with van der Waals surface area (Å²) in [4.78, 5) is 5.65. The molecule has 2 rings (SSSR count). The predicted molar refractivity (Wildman–Crippen MR) is 89.3 cm³/mol. The second kappa shape index (κ2) is 7.06. The minimum Gasteiger partial charge on any atom is -0.311 e. The zero-order valence-corrected chi connectivity index (χ0v) is 14.5. The molecule has 1 aromatic rings. The van der Waals surface area contributed by atoms with Crippen LogP contribution >= 0.6 is 11.3 Å². The molecule has 114 valence electrons. The molecule has 0 aromatic carbocycles. The van der Waals surface area contributed by atoms with Gasteiger partial charge in [-0.2, -0.15) is 0 Å². The molecule has 3 heteroatoms. The van der Waals surface area contributed by atoms with Crippen LogP contribution in [0.4, 0.5) is 0 Å². The Morgan fingerprint density at radius 3 is 2.60 bits per heavy atom. The van der Waals surface area contributed by atoms with Crippen molar-refractivity contribution in [2.75, 3.05) is 13.1 Å². The predicted octanol–water partition coefficient (Wildman–Crippen LogP) is 3.90. The van der Waals surface area contributed by atoms with E-state index in [1.165, 1.54) is 22.7 Å². The van der Waals surface area contributed by atoms with Crippen LogP contribution in [-0.2, 0) is 6.54 Å². The van der Waals surface area contributed by atoms with Gasteiger partial charge in [-0.1, -0.05) is 27.7 Å². The normalized spacial score (nSPS) is 24.8. The maximum absolute atomic E-state index is 3.76. The molecule has 20 heavy (non-hydrogen) atoms. The van der Waals surface area contributed by atoms with Gasteiger partial charge in [0.15, 0.2) is 0 Å². The molecule has 2 unspecified atom stereocenters. The number of hydrogen-bond acceptors (Lipinski definition) is 3. The van der Waals surface area contributed by atoms with Gasteiger partial charge < -0.3 is 5.32 Å². The lowest BCUT2D eigenvalue weighted by Gasteiger charge is -2.42. The minimum absolute atomic E-state index is 0.658. The van der Waals surface area contributed by atoms with Gasteiger partial charge in [-0.3, -0.25) is 4.90 Å². The molecule has 2 heterocycles. The zero-order chi connectivity index (χ0) is 14.7. The third-order valence-corrected chi connectivity index (χ3v) is 5.21. The molecule has 2 nitrogen and oxygen atoms in total. The Morgan fingerprint density at radius 2 is 2.05 bits per heavy atom. The second-order valence-electron chi connectivity index (χ2n) is 6.99. The highest BCUT2D eigenvalue weighted by molar-refractivity contribution is 7.11. The van der Waals surface area contributed by atoms with E-state index >= 15 is 0 Å². The summed E-state index contributed by atoms with van der Waals surface area (Å²) < 4.78 is 0. The van der Waals surface area contributed by atoms with Gasteiger partial charge in [-0.15, -0.1) is 11.3 Å². The number of rotatable bonds is 5. The third kappa shape index (κ3) is 4.31. The van der Waals surface area contributed by atoms with Gasteiger partial charge in [0.1, 0.15) is 0 Å². The van der Waals surface area contributed by atoms with Crippen LogP contribution in [0.15, 0.2) is 12.1 Å². The molecule has 1 saturated heterocycles. The lowest BCUT2D eigenvalue weighted by Crippen LogP contribution is -2.57. The molecule has 1 N–H and O–H groups in total. The number of thiophene rings is 1. The molecule has 1 fully saturated rings. The van der Waals surface area contributed by atoms with Crippen molar-refractivity contribution in [1.82, 2.24) is 10.2 Å². The summed E-state index contributed by atoms with van der Waals surface area (Å²) in [7, 11) is 0. The topological polar surface area (TPSA) is 15.3 Å². The Hall–Kier alpha value is -0.380. The molecule has 0 bridgehead atoms. The van der Waals surface area contributed by atoms with Crippen LogP contribution in [-0.4, -0.2) is 30.1 Å². The molecule has 0 radical (unpaired) electrons. The summed E-state index contributed by atoms with van der Waals surface area (Å²) in [5.74, 6) is 1.48. The average Bonchev–Trinajstić information content (AvgIpc) is 2.73. The van der Waals surface area contributed by atoms with Gasteiger partial charge in [0.2, 0.25) is 0 Å². The van der Waals surface area contributed by atoms with E-state index in [4.69, 9.17) is 0 Å². The first-order chi connectivity index (χ1) is 9.45. The number of hydrogen-bond donors (Lipinski definition) is 1. The largest absolute Gasteiger partial charge is 0.311 e. The average molecular weight is 295 g/mol. The van der Waals surface area contributed by atoms with Crippen LogP contribution in [0.25, 0.3) is 0 Å². The molecule has 0 spiro atoms. The molecule has 2 atom stereocenters. The fourth-order valence-electron chi connectivity index (χ4n) is 3.24. The van der Waals surface area contributed by atoms with Crippen molar-refractivity contribution >= 4 is 11.3 Å². The van der Waals surface area contributed by atoms with Gasteiger partial charge in [0.25, 0.3) is 0 Å². The van der Waals surface area contributed by atoms with Gasteiger partial charge in [-0.25, -0.2) is 0 Å². The standard InChI is InChI=1S/C17H30N2S/c1-12(2)8-15-10-19(17(9-18-15)13(3)4)11-16-7-6-14(5)20-16/h6-7,12-13,15,17-18H,8-11H2,1-5H3. The van der Waals surface area contributed by atoms with E-state index in [9.17, 15) is 0 Å². The van der Waals surface area contributed by atoms with Crippen molar-refractivity contribution < 1.29 is 0 Å². The number of nitrogens with one attached hydrogen (secondary N) is 1. The number of aryl methyl sites for hydroxylation is 1. The SMILES string of the molecule is Cc1ccc(CN2CC(CC(C)C)NCC2C(C)C)s1. The number of nitrogens with zero attached hydrogens (tertiary/aromatic N) is 1. The van der Waals surface area contributed by atoms with Crippen LogP contribution in [0.2, 0.25) is 0 Å². The van der Waals surface area contributed by atoms with Crippen molar-refractivity contribution in [3.63, 3.8) is 0 Å². The van der Waals surface area contributed by atoms with Crippen LogP contribution in [0, 0.1) is 18.8 Å². The van der Waals surface area contributed by atoms with Gasteiger partial charge in [0, 0.05) is 41.5 Å². The van der Waals surface area contributed by atoms with Crippen LogP contribution < -0.4 is 5.32 Å². The highest BCUT2D eigenvalue weighted by Gasteiger charge is 2.30. The Kier molecular flexibility index (Phi) is 5.65. The molecule has 0 aliphatic carbocycles. The maximum atomic E-state index is 3.76. The lowest BCUT2D eigenvalue weighted by molar-refractivity contribution is 0.0862. The summed E-state index contributed by atoms with van der Waals surface area (Å²) in [5, 5.41) is 3.76. The zero-order valence-electron chi connectivity index (χ0n) is 13.6. The highest BCUT2D eigenvalue weighted by atomic mass is 32.1. The first-order valence-corrected chi connectivity index (χ1v) is 8.80. The smallest absolute Gasteiger partial charge is 0.0332 e. The van der Waals surface area contributed by atoms with Crippen LogP contribution in [0.3, 0.4) is 0 Å². The molecular formula is C17H30N2S. The molecule has 1 aliphatic rings. The summed E-state index contributed by atoms with van der Waals surface area (Å²) in [5.41, 5.74) is 0. The molecule has 1 aliphatic heterocycles. The van der Waals surface area contributed by atoms with Crippen LogP contribution in [0.1, 0.15) is 43.9 Å². The highest BCUT2D eigenvalue weighted by Crippen LogP contribution is 2.23. The minimum atomic E-state index is 0.658. The Balaban J connectivity index is 2.02. The lowest BCUT2D eigenvalue weighted by atomic mass is 9.95. The summed E-state index contributed by atoms with van der Waals surface area (Å²) in [6, 6.07) is 5.88. The van der Waals surface area contributed by atoms with Crippen molar-refractivity contribution in [2.45, 2.75) is 59.7 Å². The van der Waals surface area contributed by atoms with Crippen LogP contribution in [0.5, 0.6) is 0 Å². The van der Waals surface area contributed by atoms with E-state index in [0.717, 1.165) is 19.0 Å². The fourth-order valence-corrected chi connectivity index (χ4v) is 4.15. The van der Waals surface area contributed by atoms with Gasteiger partial charge in [0.05, 0.1) is 0 Å². The number of piperazine rings is 1. The van der Waals surface area contributed by atoms with E-state index in [-0.39, 0.29) is 0 Å². The second-order valence-corrected chi connectivity index (χ2v) is 8.36. The van der Waals surface area contributed by atoms with Gasteiger partial charge >= 0.3 is 0 Å². The maximum Gasteiger partial charge on any atom is 0.0332 e. The summed E-state index contributed by atoms with van der Waals surface area (Å²) in [6.07, 6.45) is 1.28. The fraction of sp³-hybridized carbons (Fsp3) is 0.765. The molecule has 0 amide bonds. The van der Waals surface area contributed by atoms with Crippen molar-refractivity contribution in [3.8, 4) is 0 Å². The summed E-state index contributed by atoms with van der Waals surface area (Å²) in [6.45, 7) is 15.0. The quantitative estimate of drug-likeness (QED) is 0.886. The Labute approximate surface area is 128 Å². The van der Waals surface area contributed by atoms with E-state index in [2.05, 4.69) is 57.0 Å². The van der Waals surface area contributed by atoms with Crippen molar-refractivity contribution in [1.29, 1.82) is 0 Å². The first kappa shape index (κ1) is 16.0. The Morgan fingerprint density at radius 1 is 1.30 bits per heavy atom. The van der Waals surface area contributed by atoms with E-state index in [0.29, 0.717) is 18.0 Å².